The van der Waals surface area contributed by atoms with Crippen molar-refractivity contribution in [2.75, 3.05) is 5.32 Å². The second kappa shape index (κ2) is 5.41. The lowest BCUT2D eigenvalue weighted by molar-refractivity contribution is 0.481. The third-order valence-electron chi connectivity index (χ3n) is 4.44. The number of rotatable bonds is 1. The second-order valence-corrected chi connectivity index (χ2v) is 7.26. The smallest absolute Gasteiger partial charge is 0.151 e. The van der Waals surface area contributed by atoms with E-state index in [4.69, 9.17) is 4.74 Å². The van der Waals surface area contributed by atoms with Gasteiger partial charge in [-0.2, -0.15) is 0 Å². The first-order valence-electron chi connectivity index (χ1n) is 8.29. The number of para-hydroxylation sites is 2. The topological polar surface area (TPSA) is 21.3 Å². The summed E-state index contributed by atoms with van der Waals surface area (Å²) in [4.78, 5) is 0. The summed E-state index contributed by atoms with van der Waals surface area (Å²) >= 11 is 0. The van der Waals surface area contributed by atoms with E-state index in [9.17, 15) is 0 Å². The van der Waals surface area contributed by atoms with E-state index in [0.717, 1.165) is 28.4 Å². The Morgan fingerprint density at radius 3 is 2.12 bits per heavy atom. The standard InChI is InChI=1S/C22H21NO/c1-22(2,3)17-11-8-15(9-12-17)16-10-13-19-21(14-16)24-20-7-5-4-6-18(20)23-19/h4-14,23H,1-3H3. The van der Waals surface area contributed by atoms with Crippen molar-refractivity contribution in [1.82, 2.24) is 0 Å². The SMILES string of the molecule is CC(C)(C)c1ccc(-c2ccc3c(c2)Oc2ccccc2N3)cc1. The Kier molecular flexibility index (Phi) is 3.34. The summed E-state index contributed by atoms with van der Waals surface area (Å²) in [5.74, 6) is 1.73. The summed E-state index contributed by atoms with van der Waals surface area (Å²) < 4.78 is 6.06. The van der Waals surface area contributed by atoms with Gasteiger partial charge in [-0.05, 0) is 46.4 Å². The van der Waals surface area contributed by atoms with Crippen LogP contribution < -0.4 is 10.1 Å². The minimum absolute atomic E-state index is 0.172. The van der Waals surface area contributed by atoms with Gasteiger partial charge in [0.05, 0.1) is 11.4 Å². The average Bonchev–Trinajstić information content (AvgIpc) is 2.59. The minimum atomic E-state index is 0.172. The molecule has 1 aliphatic rings. The van der Waals surface area contributed by atoms with E-state index < -0.39 is 0 Å². The Bertz CT molecular complexity index is 889. The highest BCUT2D eigenvalue weighted by molar-refractivity contribution is 5.79. The predicted molar refractivity (Wildman–Crippen MR) is 100 cm³/mol. The first-order chi connectivity index (χ1) is 11.5. The lowest BCUT2D eigenvalue weighted by atomic mass is 9.86. The molecule has 0 atom stereocenters. The van der Waals surface area contributed by atoms with E-state index in [2.05, 4.69) is 68.6 Å². The van der Waals surface area contributed by atoms with Gasteiger partial charge in [-0.15, -0.1) is 0 Å². The summed E-state index contributed by atoms with van der Waals surface area (Å²) in [6.45, 7) is 6.70. The largest absolute Gasteiger partial charge is 0.453 e. The highest BCUT2D eigenvalue weighted by Gasteiger charge is 2.17. The van der Waals surface area contributed by atoms with Crippen LogP contribution in [-0.2, 0) is 5.41 Å². The summed E-state index contributed by atoms with van der Waals surface area (Å²) in [5.41, 5.74) is 5.89. The van der Waals surface area contributed by atoms with Crippen molar-refractivity contribution < 1.29 is 4.74 Å². The zero-order valence-electron chi connectivity index (χ0n) is 14.3. The van der Waals surface area contributed by atoms with Crippen LogP contribution in [0.4, 0.5) is 11.4 Å². The minimum Gasteiger partial charge on any atom is -0.453 e. The molecule has 3 aromatic carbocycles. The zero-order valence-corrected chi connectivity index (χ0v) is 14.3. The molecular weight excluding hydrogens is 294 g/mol. The van der Waals surface area contributed by atoms with Gasteiger partial charge in [-0.25, -0.2) is 0 Å². The third-order valence-corrected chi connectivity index (χ3v) is 4.44. The van der Waals surface area contributed by atoms with Gasteiger partial charge in [-0.1, -0.05) is 63.2 Å². The molecule has 0 unspecified atom stereocenters. The molecule has 0 bridgehead atoms. The van der Waals surface area contributed by atoms with Crippen molar-refractivity contribution >= 4 is 11.4 Å². The van der Waals surface area contributed by atoms with Crippen molar-refractivity contribution in [1.29, 1.82) is 0 Å². The molecule has 0 spiro atoms. The lowest BCUT2D eigenvalue weighted by Gasteiger charge is -2.22. The summed E-state index contributed by atoms with van der Waals surface area (Å²) in [5, 5.41) is 3.42. The molecule has 0 amide bonds. The highest BCUT2D eigenvalue weighted by Crippen LogP contribution is 2.43. The average molecular weight is 315 g/mol. The fourth-order valence-corrected chi connectivity index (χ4v) is 2.97. The Morgan fingerprint density at radius 2 is 1.38 bits per heavy atom. The second-order valence-electron chi connectivity index (χ2n) is 7.26. The number of nitrogens with one attached hydrogen (secondary N) is 1. The Hall–Kier alpha value is -2.74. The number of fused-ring (bicyclic) bond motifs is 2. The molecule has 1 N–H and O–H groups in total. The number of anilines is 2. The van der Waals surface area contributed by atoms with E-state index in [1.54, 1.807) is 0 Å². The molecule has 120 valence electrons. The quantitative estimate of drug-likeness (QED) is 0.433. The van der Waals surface area contributed by atoms with Crippen molar-refractivity contribution in [3.8, 4) is 22.6 Å². The van der Waals surface area contributed by atoms with Crippen molar-refractivity contribution in [3.63, 3.8) is 0 Å². The third kappa shape index (κ3) is 2.65. The number of hydrogen-bond acceptors (Lipinski definition) is 2. The molecule has 1 heterocycles. The molecule has 24 heavy (non-hydrogen) atoms. The van der Waals surface area contributed by atoms with Crippen LogP contribution in [0.15, 0.2) is 66.7 Å². The number of benzene rings is 3. The monoisotopic (exact) mass is 315 g/mol. The van der Waals surface area contributed by atoms with Crippen molar-refractivity contribution in [2.45, 2.75) is 26.2 Å². The van der Waals surface area contributed by atoms with Gasteiger partial charge in [0.25, 0.3) is 0 Å². The van der Waals surface area contributed by atoms with Crippen LogP contribution >= 0.6 is 0 Å². The molecule has 0 saturated heterocycles. The molecule has 3 aromatic rings. The molecule has 0 saturated carbocycles. The molecule has 0 aromatic heterocycles. The molecule has 4 rings (SSSR count). The Morgan fingerprint density at radius 1 is 0.708 bits per heavy atom. The first kappa shape index (κ1) is 14.8. The van der Waals surface area contributed by atoms with Gasteiger partial charge in [0, 0.05) is 0 Å². The maximum absolute atomic E-state index is 6.06. The molecule has 0 aliphatic carbocycles. The van der Waals surface area contributed by atoms with Crippen LogP contribution in [0.5, 0.6) is 11.5 Å². The van der Waals surface area contributed by atoms with Crippen LogP contribution in [0, 0.1) is 0 Å². The molecule has 0 fully saturated rings. The predicted octanol–water partition coefficient (Wildman–Crippen LogP) is 6.50. The van der Waals surface area contributed by atoms with Gasteiger partial charge in [0.2, 0.25) is 0 Å². The number of hydrogen-bond donors (Lipinski definition) is 1. The Labute approximate surface area is 143 Å². The van der Waals surface area contributed by atoms with E-state index in [1.807, 2.05) is 24.3 Å². The van der Waals surface area contributed by atoms with Crippen molar-refractivity contribution in [3.05, 3.63) is 72.3 Å². The number of ether oxygens (including phenoxy) is 1. The fourth-order valence-electron chi connectivity index (χ4n) is 2.97. The highest BCUT2D eigenvalue weighted by atomic mass is 16.5. The summed E-state index contributed by atoms with van der Waals surface area (Å²) in [6, 6.07) is 23.1. The van der Waals surface area contributed by atoms with E-state index in [1.165, 1.54) is 11.1 Å². The van der Waals surface area contributed by atoms with Crippen LogP contribution in [0.2, 0.25) is 0 Å². The van der Waals surface area contributed by atoms with E-state index in [0.29, 0.717) is 0 Å². The van der Waals surface area contributed by atoms with Crippen LogP contribution in [0.3, 0.4) is 0 Å². The van der Waals surface area contributed by atoms with Gasteiger partial charge < -0.3 is 10.1 Å². The molecular formula is C22H21NO. The van der Waals surface area contributed by atoms with Crippen LogP contribution in [0.1, 0.15) is 26.3 Å². The molecule has 2 nitrogen and oxygen atoms in total. The van der Waals surface area contributed by atoms with Crippen LogP contribution in [0.25, 0.3) is 11.1 Å². The fraction of sp³-hybridized carbons (Fsp3) is 0.182. The molecule has 0 radical (unpaired) electrons. The molecule has 2 heteroatoms. The Balaban J connectivity index is 1.67. The first-order valence-corrected chi connectivity index (χ1v) is 8.29. The van der Waals surface area contributed by atoms with Gasteiger partial charge in [-0.3, -0.25) is 0 Å². The normalized spacial score (nSPS) is 12.6. The summed E-state index contributed by atoms with van der Waals surface area (Å²) in [6.07, 6.45) is 0. The zero-order chi connectivity index (χ0) is 16.7. The van der Waals surface area contributed by atoms with Crippen molar-refractivity contribution in [2.24, 2.45) is 0 Å². The maximum Gasteiger partial charge on any atom is 0.151 e. The van der Waals surface area contributed by atoms with E-state index >= 15 is 0 Å². The van der Waals surface area contributed by atoms with E-state index in [-0.39, 0.29) is 5.41 Å². The van der Waals surface area contributed by atoms with Gasteiger partial charge >= 0.3 is 0 Å². The summed E-state index contributed by atoms with van der Waals surface area (Å²) in [7, 11) is 0. The van der Waals surface area contributed by atoms with Gasteiger partial charge in [0.15, 0.2) is 11.5 Å². The lowest BCUT2D eigenvalue weighted by Crippen LogP contribution is -2.10. The maximum atomic E-state index is 6.06. The molecule has 1 aliphatic heterocycles. The van der Waals surface area contributed by atoms with Gasteiger partial charge in [0.1, 0.15) is 0 Å². The van der Waals surface area contributed by atoms with Crippen LogP contribution in [-0.4, -0.2) is 0 Å².